The van der Waals surface area contributed by atoms with E-state index in [2.05, 4.69) is 5.32 Å². The topological polar surface area (TPSA) is 41.6 Å². The molecule has 0 saturated carbocycles. The van der Waals surface area contributed by atoms with Gasteiger partial charge in [-0.05, 0) is 25.8 Å². The highest BCUT2D eigenvalue weighted by molar-refractivity contribution is 5.79. The van der Waals surface area contributed by atoms with Crippen molar-refractivity contribution in [2.24, 2.45) is 0 Å². The summed E-state index contributed by atoms with van der Waals surface area (Å²) in [4.78, 5) is 13.8. The first-order chi connectivity index (χ1) is 7.28. The van der Waals surface area contributed by atoms with Crippen LogP contribution in [0.25, 0.3) is 0 Å². The number of carbonyl (C=O) groups is 1. The molecule has 0 aliphatic carbocycles. The van der Waals surface area contributed by atoms with Gasteiger partial charge in [-0.15, -0.1) is 0 Å². The predicted molar refractivity (Wildman–Crippen MR) is 57.7 cm³/mol. The van der Waals surface area contributed by atoms with Gasteiger partial charge in [0, 0.05) is 26.6 Å². The minimum atomic E-state index is 0.105. The summed E-state index contributed by atoms with van der Waals surface area (Å²) in [5, 5.41) is 3.41. The molecule has 1 amide bonds. The van der Waals surface area contributed by atoms with Gasteiger partial charge < -0.3 is 15.0 Å². The number of nitrogens with one attached hydrogen (secondary N) is 1. The largest absolute Gasteiger partial charge is 0.383 e. The number of amides is 1. The fourth-order valence-corrected chi connectivity index (χ4v) is 2.81. The Morgan fingerprint density at radius 1 is 1.53 bits per heavy atom. The van der Waals surface area contributed by atoms with Crippen LogP contribution in [0, 0.1) is 0 Å². The Balaban J connectivity index is 2.04. The molecule has 15 heavy (non-hydrogen) atoms. The summed E-state index contributed by atoms with van der Waals surface area (Å²) in [6.07, 6.45) is 4.06. The van der Waals surface area contributed by atoms with E-state index in [1.807, 2.05) is 4.90 Å². The first-order valence-electron chi connectivity index (χ1n) is 5.79. The van der Waals surface area contributed by atoms with Crippen LogP contribution in [0.1, 0.15) is 25.7 Å². The van der Waals surface area contributed by atoms with E-state index in [1.165, 1.54) is 6.42 Å². The van der Waals surface area contributed by atoms with Crippen molar-refractivity contribution in [3.05, 3.63) is 0 Å². The Labute approximate surface area is 91.0 Å². The molecule has 1 unspecified atom stereocenters. The fourth-order valence-electron chi connectivity index (χ4n) is 2.81. The summed E-state index contributed by atoms with van der Waals surface area (Å²) >= 11 is 0. The average Bonchev–Trinajstić information content (AvgIpc) is 2.55. The first kappa shape index (κ1) is 10.9. The minimum absolute atomic E-state index is 0.105. The average molecular weight is 212 g/mol. The number of nitrogens with zero attached hydrogens (tertiary/aromatic N) is 1. The summed E-state index contributed by atoms with van der Waals surface area (Å²) in [7, 11) is 1.69. The molecule has 86 valence electrons. The van der Waals surface area contributed by atoms with Gasteiger partial charge in [0.05, 0.1) is 12.1 Å². The van der Waals surface area contributed by atoms with Crippen LogP contribution in [0.3, 0.4) is 0 Å². The van der Waals surface area contributed by atoms with Crippen LogP contribution in [0.5, 0.6) is 0 Å². The van der Waals surface area contributed by atoms with Gasteiger partial charge in [0.25, 0.3) is 0 Å². The molecule has 0 aromatic carbocycles. The van der Waals surface area contributed by atoms with Crippen molar-refractivity contribution in [2.45, 2.75) is 31.2 Å². The van der Waals surface area contributed by atoms with Gasteiger partial charge in [0.15, 0.2) is 0 Å². The number of rotatable bonds is 3. The molecule has 2 saturated heterocycles. The van der Waals surface area contributed by atoms with Crippen LogP contribution < -0.4 is 5.32 Å². The molecular formula is C11H20N2O2. The maximum absolute atomic E-state index is 11.8. The number of carbonyl (C=O) groups excluding carboxylic acids is 1. The van der Waals surface area contributed by atoms with Gasteiger partial charge in [0.2, 0.25) is 5.91 Å². The highest BCUT2D eigenvalue weighted by Gasteiger charge is 2.45. The lowest BCUT2D eigenvalue weighted by Crippen LogP contribution is -2.56. The van der Waals surface area contributed by atoms with E-state index in [0.717, 1.165) is 32.5 Å². The predicted octanol–water partition coefficient (Wildman–Crippen LogP) is 0.377. The minimum Gasteiger partial charge on any atom is -0.383 e. The smallest absolute Gasteiger partial charge is 0.223 e. The van der Waals surface area contributed by atoms with Crippen LogP contribution in [-0.4, -0.2) is 49.7 Å². The van der Waals surface area contributed by atoms with Crippen LogP contribution in [0.2, 0.25) is 0 Å². The van der Waals surface area contributed by atoms with E-state index in [-0.39, 0.29) is 5.54 Å². The fraction of sp³-hybridized carbons (Fsp3) is 0.909. The number of methoxy groups -OCH3 is 1. The molecule has 2 fully saturated rings. The zero-order valence-corrected chi connectivity index (χ0v) is 9.42. The zero-order chi connectivity index (χ0) is 10.7. The maximum atomic E-state index is 11.8. The molecule has 4 heteroatoms. The monoisotopic (exact) mass is 212 g/mol. The molecule has 0 bridgehead atoms. The molecule has 2 rings (SSSR count). The van der Waals surface area contributed by atoms with Gasteiger partial charge in [-0.25, -0.2) is 0 Å². The van der Waals surface area contributed by atoms with E-state index < -0.39 is 0 Å². The van der Waals surface area contributed by atoms with E-state index in [9.17, 15) is 4.79 Å². The Kier molecular flexibility index (Phi) is 3.26. The van der Waals surface area contributed by atoms with E-state index >= 15 is 0 Å². The SMILES string of the molecule is COCCN1C(=O)CCC12CCCNC2. The molecule has 2 aliphatic rings. The van der Waals surface area contributed by atoms with Crippen molar-refractivity contribution < 1.29 is 9.53 Å². The van der Waals surface area contributed by atoms with Gasteiger partial charge >= 0.3 is 0 Å². The van der Waals surface area contributed by atoms with Crippen LogP contribution in [-0.2, 0) is 9.53 Å². The summed E-state index contributed by atoms with van der Waals surface area (Å²) in [5.41, 5.74) is 0.105. The molecule has 1 N–H and O–H groups in total. The van der Waals surface area contributed by atoms with Gasteiger partial charge in [0.1, 0.15) is 0 Å². The highest BCUT2D eigenvalue weighted by Crippen LogP contribution is 2.35. The molecule has 4 nitrogen and oxygen atoms in total. The molecule has 0 radical (unpaired) electrons. The van der Waals surface area contributed by atoms with Gasteiger partial charge in [-0.2, -0.15) is 0 Å². The Morgan fingerprint density at radius 2 is 2.40 bits per heavy atom. The number of likely N-dealkylation sites (tertiary alicyclic amines) is 1. The second-order valence-corrected chi connectivity index (χ2v) is 4.54. The molecule has 1 spiro atoms. The van der Waals surface area contributed by atoms with Gasteiger partial charge in [-0.1, -0.05) is 0 Å². The highest BCUT2D eigenvalue weighted by atomic mass is 16.5. The second-order valence-electron chi connectivity index (χ2n) is 4.54. The third-order valence-electron chi connectivity index (χ3n) is 3.65. The summed E-state index contributed by atoms with van der Waals surface area (Å²) < 4.78 is 5.07. The zero-order valence-electron chi connectivity index (χ0n) is 9.42. The summed E-state index contributed by atoms with van der Waals surface area (Å²) in [5.74, 6) is 0.302. The van der Waals surface area contributed by atoms with E-state index in [4.69, 9.17) is 4.74 Å². The molecule has 2 heterocycles. The van der Waals surface area contributed by atoms with Gasteiger partial charge in [-0.3, -0.25) is 4.79 Å². The van der Waals surface area contributed by atoms with Crippen molar-refractivity contribution in [1.82, 2.24) is 10.2 Å². The normalized spacial score (nSPS) is 31.5. The lowest BCUT2D eigenvalue weighted by molar-refractivity contribution is -0.132. The maximum Gasteiger partial charge on any atom is 0.223 e. The van der Waals surface area contributed by atoms with Crippen molar-refractivity contribution in [3.8, 4) is 0 Å². The molecule has 1 atom stereocenters. The summed E-state index contributed by atoms with van der Waals surface area (Å²) in [6.45, 7) is 3.45. The molecule has 0 aromatic heterocycles. The molecule has 0 aromatic rings. The third-order valence-corrected chi connectivity index (χ3v) is 3.65. The standard InChI is InChI=1S/C11H20N2O2/c1-15-8-7-13-10(14)3-5-11(13)4-2-6-12-9-11/h12H,2-9H2,1H3. The Morgan fingerprint density at radius 3 is 3.07 bits per heavy atom. The number of hydrogen-bond acceptors (Lipinski definition) is 3. The van der Waals surface area contributed by atoms with Crippen molar-refractivity contribution >= 4 is 5.91 Å². The van der Waals surface area contributed by atoms with Crippen molar-refractivity contribution in [3.63, 3.8) is 0 Å². The lowest BCUT2D eigenvalue weighted by atomic mass is 9.87. The summed E-state index contributed by atoms with van der Waals surface area (Å²) in [6, 6.07) is 0. The number of ether oxygens (including phenoxy) is 1. The third kappa shape index (κ3) is 2.01. The lowest BCUT2D eigenvalue weighted by Gasteiger charge is -2.41. The van der Waals surface area contributed by atoms with E-state index in [1.54, 1.807) is 7.11 Å². The van der Waals surface area contributed by atoms with E-state index in [0.29, 0.717) is 18.9 Å². The number of piperidine rings is 1. The van der Waals surface area contributed by atoms with Crippen LogP contribution in [0.15, 0.2) is 0 Å². The second kappa shape index (κ2) is 4.49. The Bertz CT molecular complexity index is 237. The van der Waals surface area contributed by atoms with Crippen LogP contribution in [0.4, 0.5) is 0 Å². The van der Waals surface area contributed by atoms with Crippen molar-refractivity contribution in [1.29, 1.82) is 0 Å². The van der Waals surface area contributed by atoms with Crippen molar-refractivity contribution in [2.75, 3.05) is 33.4 Å². The quantitative estimate of drug-likeness (QED) is 0.735. The number of hydrogen-bond donors (Lipinski definition) is 1. The Hall–Kier alpha value is -0.610. The molecular weight excluding hydrogens is 192 g/mol. The van der Waals surface area contributed by atoms with Crippen LogP contribution >= 0.6 is 0 Å². The molecule has 2 aliphatic heterocycles. The first-order valence-corrected chi connectivity index (χ1v) is 5.79.